The first-order valence-corrected chi connectivity index (χ1v) is 11.7. The molecule has 0 saturated heterocycles. The van der Waals surface area contributed by atoms with Gasteiger partial charge in [-0.25, -0.2) is 4.39 Å². The zero-order valence-corrected chi connectivity index (χ0v) is 18.1. The number of hydrogen-bond donors (Lipinski definition) is 1. The molecule has 8 heteroatoms. The number of carbonyl (C=O) groups excluding carboxylic acids is 1. The van der Waals surface area contributed by atoms with Crippen LogP contribution in [0.25, 0.3) is 22.0 Å². The standard InChI is InChI=1S/C24H20FN3O3S/c1-15-6-7-17(24(29)27-19-9-10-19)13-20(15)16-8-11-22-18(12-16)14-26-28(22)32(30,31)23-5-3-2-4-21(23)25/h2-8,11-14,19H,9-10H2,1H3,(H,27,29). The third-order valence-electron chi connectivity index (χ3n) is 5.60. The summed E-state index contributed by atoms with van der Waals surface area (Å²) >= 11 is 0. The average Bonchev–Trinajstić information content (AvgIpc) is 3.48. The van der Waals surface area contributed by atoms with Gasteiger partial charge in [-0.1, -0.05) is 24.3 Å². The molecule has 1 aromatic heterocycles. The Labute approximate surface area is 184 Å². The Morgan fingerprint density at radius 2 is 1.88 bits per heavy atom. The summed E-state index contributed by atoms with van der Waals surface area (Å²) < 4.78 is 40.9. The lowest BCUT2D eigenvalue weighted by Gasteiger charge is -2.11. The second-order valence-electron chi connectivity index (χ2n) is 7.97. The molecular formula is C24H20FN3O3S. The third kappa shape index (κ3) is 3.56. The molecule has 5 rings (SSSR count). The van der Waals surface area contributed by atoms with Gasteiger partial charge in [-0.15, -0.1) is 0 Å². The zero-order chi connectivity index (χ0) is 22.5. The van der Waals surface area contributed by atoms with Crippen LogP contribution in [0.5, 0.6) is 0 Å². The number of nitrogens with zero attached hydrogens (tertiary/aromatic N) is 2. The normalized spacial score (nSPS) is 13.9. The van der Waals surface area contributed by atoms with Crippen molar-refractivity contribution >= 4 is 26.8 Å². The molecule has 1 amide bonds. The van der Waals surface area contributed by atoms with Crippen LogP contribution in [-0.4, -0.2) is 29.6 Å². The van der Waals surface area contributed by atoms with Gasteiger partial charge in [-0.3, -0.25) is 4.79 Å². The van der Waals surface area contributed by atoms with Crippen LogP contribution in [0.2, 0.25) is 0 Å². The number of fused-ring (bicyclic) bond motifs is 1. The minimum atomic E-state index is -4.18. The fourth-order valence-corrected chi connectivity index (χ4v) is 5.03. The largest absolute Gasteiger partial charge is 0.349 e. The molecule has 0 aliphatic heterocycles. The molecule has 6 nitrogen and oxygen atoms in total. The van der Waals surface area contributed by atoms with E-state index in [0.717, 1.165) is 39.7 Å². The van der Waals surface area contributed by atoms with Gasteiger partial charge >= 0.3 is 0 Å². The van der Waals surface area contributed by atoms with Crippen LogP contribution in [0.1, 0.15) is 28.8 Å². The number of aryl methyl sites for hydroxylation is 1. The molecule has 1 fully saturated rings. The van der Waals surface area contributed by atoms with E-state index in [-0.39, 0.29) is 11.9 Å². The van der Waals surface area contributed by atoms with Gasteiger partial charge in [-0.2, -0.15) is 17.6 Å². The fourth-order valence-electron chi connectivity index (χ4n) is 3.69. The topological polar surface area (TPSA) is 81.1 Å². The molecule has 4 aromatic rings. The molecule has 1 aliphatic rings. The van der Waals surface area contributed by atoms with E-state index in [1.165, 1.54) is 24.4 Å². The van der Waals surface area contributed by atoms with E-state index in [4.69, 9.17) is 0 Å². The monoisotopic (exact) mass is 449 g/mol. The summed E-state index contributed by atoms with van der Waals surface area (Å²) in [5, 5.41) is 7.61. The average molecular weight is 450 g/mol. The maximum Gasteiger partial charge on any atom is 0.286 e. The van der Waals surface area contributed by atoms with Crippen molar-refractivity contribution in [1.82, 2.24) is 14.5 Å². The molecule has 1 N–H and O–H groups in total. The molecule has 0 unspecified atom stereocenters. The van der Waals surface area contributed by atoms with Crippen LogP contribution in [-0.2, 0) is 10.0 Å². The van der Waals surface area contributed by atoms with E-state index < -0.39 is 20.7 Å². The number of hydrogen-bond acceptors (Lipinski definition) is 4. The molecule has 0 atom stereocenters. The minimum absolute atomic E-state index is 0.0985. The number of aromatic nitrogens is 2. The smallest absolute Gasteiger partial charge is 0.286 e. The molecule has 32 heavy (non-hydrogen) atoms. The van der Waals surface area contributed by atoms with Crippen LogP contribution >= 0.6 is 0 Å². The lowest BCUT2D eigenvalue weighted by molar-refractivity contribution is 0.0951. The Morgan fingerprint density at radius 1 is 1.09 bits per heavy atom. The predicted octanol–water partition coefficient (Wildman–Crippen LogP) is 4.28. The number of rotatable bonds is 5. The van der Waals surface area contributed by atoms with Crippen molar-refractivity contribution in [2.24, 2.45) is 0 Å². The number of halogens is 1. The fraction of sp³-hybridized carbons (Fsp3) is 0.167. The van der Waals surface area contributed by atoms with Crippen LogP contribution in [0.4, 0.5) is 4.39 Å². The van der Waals surface area contributed by atoms with Crippen molar-refractivity contribution in [3.8, 4) is 11.1 Å². The van der Waals surface area contributed by atoms with Gasteiger partial charge in [0.1, 0.15) is 10.7 Å². The lowest BCUT2D eigenvalue weighted by Crippen LogP contribution is -2.25. The Hall–Kier alpha value is -3.52. The predicted molar refractivity (Wildman–Crippen MR) is 119 cm³/mol. The van der Waals surface area contributed by atoms with Gasteiger partial charge in [-0.05, 0) is 72.9 Å². The number of nitrogens with one attached hydrogen (secondary N) is 1. The summed E-state index contributed by atoms with van der Waals surface area (Å²) in [5.41, 5.74) is 3.62. The van der Waals surface area contributed by atoms with E-state index in [1.54, 1.807) is 18.2 Å². The van der Waals surface area contributed by atoms with E-state index in [9.17, 15) is 17.6 Å². The summed E-state index contributed by atoms with van der Waals surface area (Å²) in [7, 11) is -4.18. The molecule has 1 heterocycles. The van der Waals surface area contributed by atoms with Crippen molar-refractivity contribution in [1.29, 1.82) is 0 Å². The molecular weight excluding hydrogens is 429 g/mol. The molecule has 0 bridgehead atoms. The number of amides is 1. The Bertz CT molecular complexity index is 1470. The third-order valence-corrected chi connectivity index (χ3v) is 7.23. The summed E-state index contributed by atoms with van der Waals surface area (Å²) in [6, 6.07) is 16.3. The van der Waals surface area contributed by atoms with Gasteiger partial charge in [0.05, 0.1) is 11.7 Å². The summed E-state index contributed by atoms with van der Waals surface area (Å²) in [4.78, 5) is 12.0. The first kappa shape index (κ1) is 20.4. The summed E-state index contributed by atoms with van der Waals surface area (Å²) in [6.45, 7) is 1.95. The SMILES string of the molecule is Cc1ccc(C(=O)NC2CC2)cc1-c1ccc2c(cnn2S(=O)(=O)c2ccccc2F)c1. The minimum Gasteiger partial charge on any atom is -0.349 e. The number of benzene rings is 3. The highest BCUT2D eigenvalue weighted by atomic mass is 32.2. The van der Waals surface area contributed by atoms with Crippen LogP contribution < -0.4 is 5.32 Å². The molecule has 1 saturated carbocycles. The van der Waals surface area contributed by atoms with Crippen molar-refractivity contribution < 1.29 is 17.6 Å². The molecule has 0 spiro atoms. The quantitative estimate of drug-likeness (QED) is 0.493. The lowest BCUT2D eigenvalue weighted by atomic mass is 9.97. The zero-order valence-electron chi connectivity index (χ0n) is 17.2. The van der Waals surface area contributed by atoms with Crippen LogP contribution in [0, 0.1) is 12.7 Å². The maximum absolute atomic E-state index is 14.1. The second-order valence-corrected chi connectivity index (χ2v) is 9.71. The van der Waals surface area contributed by atoms with Crippen LogP contribution in [0.15, 0.2) is 71.8 Å². The van der Waals surface area contributed by atoms with Gasteiger partial charge in [0.2, 0.25) is 0 Å². The first-order valence-electron chi connectivity index (χ1n) is 10.2. The van der Waals surface area contributed by atoms with E-state index in [1.807, 2.05) is 25.1 Å². The van der Waals surface area contributed by atoms with Crippen molar-refractivity contribution in [2.75, 3.05) is 0 Å². The summed E-state index contributed by atoms with van der Waals surface area (Å²) in [6.07, 6.45) is 3.47. The number of carbonyl (C=O) groups is 1. The maximum atomic E-state index is 14.1. The van der Waals surface area contributed by atoms with Crippen molar-refractivity contribution in [2.45, 2.75) is 30.7 Å². The van der Waals surface area contributed by atoms with Crippen molar-refractivity contribution in [3.05, 3.63) is 83.8 Å². The van der Waals surface area contributed by atoms with Gasteiger partial charge in [0.15, 0.2) is 0 Å². The van der Waals surface area contributed by atoms with E-state index in [2.05, 4.69) is 10.4 Å². The van der Waals surface area contributed by atoms with E-state index in [0.29, 0.717) is 16.5 Å². The first-order chi connectivity index (χ1) is 15.3. The highest BCUT2D eigenvalue weighted by molar-refractivity contribution is 7.90. The van der Waals surface area contributed by atoms with Gasteiger partial charge < -0.3 is 5.32 Å². The molecule has 3 aromatic carbocycles. The molecule has 1 aliphatic carbocycles. The highest BCUT2D eigenvalue weighted by Crippen LogP contribution is 2.30. The van der Waals surface area contributed by atoms with Gasteiger partial charge in [0.25, 0.3) is 15.9 Å². The molecule has 162 valence electrons. The highest BCUT2D eigenvalue weighted by Gasteiger charge is 2.25. The Morgan fingerprint density at radius 3 is 2.62 bits per heavy atom. The van der Waals surface area contributed by atoms with E-state index >= 15 is 0 Å². The molecule has 0 radical (unpaired) electrons. The van der Waals surface area contributed by atoms with Crippen molar-refractivity contribution in [3.63, 3.8) is 0 Å². The second kappa shape index (κ2) is 7.56. The Balaban J connectivity index is 1.55. The Kier molecular flexibility index (Phi) is 4.82. The summed E-state index contributed by atoms with van der Waals surface area (Å²) in [5.74, 6) is -0.927. The van der Waals surface area contributed by atoms with Crippen LogP contribution in [0.3, 0.4) is 0 Å². The van der Waals surface area contributed by atoms with Gasteiger partial charge in [0, 0.05) is 17.0 Å².